The molecule has 4 aliphatic rings. The lowest BCUT2D eigenvalue weighted by atomic mass is 9.78. The van der Waals surface area contributed by atoms with E-state index in [9.17, 15) is 14.4 Å². The molecule has 1 aromatic rings. The molecule has 0 aromatic heterocycles. The fraction of sp³-hybridized carbons (Fsp3) is 0.581. The number of rotatable bonds is 7. The van der Waals surface area contributed by atoms with Gasteiger partial charge in [0, 0.05) is 25.4 Å². The molecule has 2 saturated heterocycles. The van der Waals surface area contributed by atoms with Crippen LogP contribution in [0.25, 0.3) is 0 Å². The van der Waals surface area contributed by atoms with Gasteiger partial charge in [0.05, 0.1) is 18.6 Å². The first-order chi connectivity index (χ1) is 18.9. The standard InChI is InChI=1S/C31H40N2O6/c1-21-13-14-22(2)23(20-21)32-17-11-15-31-26(25-24(39-31)12-7-3-6-10-19-38-30(25)37)28(35)33(27(31)29(32)36)16-8-4-5-9-18-34/h7,11-15,20,24-27,34H,3-6,8-10,16-19H2,1-2H3/b12-7-/t24-,25+,26+,27?,31+/m1/s1. The molecule has 8 nitrogen and oxygen atoms in total. The minimum absolute atomic E-state index is 0.136. The maximum atomic E-state index is 14.5. The second-order valence-corrected chi connectivity index (χ2v) is 11.2. The van der Waals surface area contributed by atoms with E-state index in [0.717, 1.165) is 48.9 Å². The van der Waals surface area contributed by atoms with Crippen LogP contribution in [-0.4, -0.2) is 71.8 Å². The number of cyclic esters (lactones) is 1. The quantitative estimate of drug-likeness (QED) is 0.325. The number of aliphatic hydroxyl groups excluding tert-OH is 1. The molecule has 4 heterocycles. The Morgan fingerprint density at radius 2 is 1.85 bits per heavy atom. The molecule has 8 heteroatoms. The summed E-state index contributed by atoms with van der Waals surface area (Å²) in [5.74, 6) is -2.49. The number of carbonyl (C=O) groups is 3. The number of unbranched alkanes of at least 4 members (excludes halogenated alkanes) is 3. The number of esters is 1. The Bertz CT molecular complexity index is 1160. The van der Waals surface area contributed by atoms with Gasteiger partial charge >= 0.3 is 5.97 Å². The number of hydrogen-bond donors (Lipinski definition) is 1. The molecule has 5 atom stereocenters. The maximum Gasteiger partial charge on any atom is 0.312 e. The second-order valence-electron chi connectivity index (χ2n) is 11.2. The number of likely N-dealkylation sites (tertiary alicyclic amines) is 1. The molecule has 5 rings (SSSR count). The highest BCUT2D eigenvalue weighted by molar-refractivity contribution is 6.05. The molecule has 4 aliphatic heterocycles. The Hall–Kier alpha value is -2.97. The number of aliphatic hydroxyl groups is 1. The summed E-state index contributed by atoms with van der Waals surface area (Å²) in [5.41, 5.74) is 1.58. The van der Waals surface area contributed by atoms with Gasteiger partial charge in [-0.15, -0.1) is 0 Å². The third kappa shape index (κ3) is 5.05. The van der Waals surface area contributed by atoms with E-state index in [1.807, 2.05) is 56.4 Å². The maximum absolute atomic E-state index is 14.5. The molecule has 1 N–H and O–H groups in total. The highest BCUT2D eigenvalue weighted by Crippen LogP contribution is 2.53. The van der Waals surface area contributed by atoms with Crippen LogP contribution in [0.5, 0.6) is 0 Å². The summed E-state index contributed by atoms with van der Waals surface area (Å²) in [4.78, 5) is 45.5. The molecular formula is C31H40N2O6. The first kappa shape index (κ1) is 27.6. The first-order valence-electron chi connectivity index (χ1n) is 14.4. The Balaban J connectivity index is 1.55. The average molecular weight is 537 g/mol. The molecule has 1 spiro atoms. The zero-order chi connectivity index (χ0) is 27.6. The van der Waals surface area contributed by atoms with Crippen molar-refractivity contribution in [1.29, 1.82) is 0 Å². The van der Waals surface area contributed by atoms with Crippen LogP contribution >= 0.6 is 0 Å². The van der Waals surface area contributed by atoms with E-state index >= 15 is 0 Å². The zero-order valence-corrected chi connectivity index (χ0v) is 23.0. The normalized spacial score (nSPS) is 31.4. The van der Waals surface area contributed by atoms with Gasteiger partial charge in [0.15, 0.2) is 0 Å². The van der Waals surface area contributed by atoms with Crippen molar-refractivity contribution in [3.63, 3.8) is 0 Å². The second kappa shape index (κ2) is 11.6. The molecule has 1 unspecified atom stereocenters. The van der Waals surface area contributed by atoms with Crippen molar-refractivity contribution in [3.05, 3.63) is 53.6 Å². The van der Waals surface area contributed by atoms with Gasteiger partial charge in [-0.3, -0.25) is 14.4 Å². The Morgan fingerprint density at radius 3 is 2.67 bits per heavy atom. The molecule has 0 aliphatic carbocycles. The number of benzene rings is 1. The Morgan fingerprint density at radius 1 is 1.03 bits per heavy atom. The summed E-state index contributed by atoms with van der Waals surface area (Å²) in [6.07, 6.45) is 12.7. The van der Waals surface area contributed by atoms with Crippen molar-refractivity contribution in [2.75, 3.05) is 31.2 Å². The number of anilines is 1. The van der Waals surface area contributed by atoms with E-state index in [1.165, 1.54) is 0 Å². The number of aryl methyl sites for hydroxylation is 2. The predicted molar refractivity (Wildman–Crippen MR) is 147 cm³/mol. The van der Waals surface area contributed by atoms with Crippen molar-refractivity contribution in [2.45, 2.75) is 76.5 Å². The minimum atomic E-state index is -1.25. The van der Waals surface area contributed by atoms with Crippen molar-refractivity contribution in [1.82, 2.24) is 4.90 Å². The minimum Gasteiger partial charge on any atom is -0.465 e. The van der Waals surface area contributed by atoms with Gasteiger partial charge in [0.2, 0.25) is 5.91 Å². The van der Waals surface area contributed by atoms with Crippen LogP contribution in [0, 0.1) is 25.7 Å². The Labute approximate surface area is 230 Å². The highest BCUT2D eigenvalue weighted by Gasteiger charge is 2.71. The summed E-state index contributed by atoms with van der Waals surface area (Å²) in [5, 5.41) is 9.15. The zero-order valence-electron chi connectivity index (χ0n) is 23.0. The van der Waals surface area contributed by atoms with Crippen molar-refractivity contribution in [3.8, 4) is 0 Å². The molecule has 1 aromatic carbocycles. The number of hydrogen-bond acceptors (Lipinski definition) is 6. The van der Waals surface area contributed by atoms with E-state index in [4.69, 9.17) is 14.6 Å². The number of carbonyl (C=O) groups excluding carboxylic acids is 3. The van der Waals surface area contributed by atoms with Crippen LogP contribution in [-0.2, 0) is 23.9 Å². The highest BCUT2D eigenvalue weighted by atomic mass is 16.6. The summed E-state index contributed by atoms with van der Waals surface area (Å²) < 4.78 is 12.3. The van der Waals surface area contributed by atoms with Crippen molar-refractivity contribution < 1.29 is 29.0 Å². The van der Waals surface area contributed by atoms with Gasteiger partial charge in [-0.05, 0) is 63.1 Å². The third-order valence-corrected chi connectivity index (χ3v) is 8.56. The van der Waals surface area contributed by atoms with E-state index < -0.39 is 35.6 Å². The fourth-order valence-corrected chi connectivity index (χ4v) is 6.63. The van der Waals surface area contributed by atoms with Gasteiger partial charge in [-0.1, -0.05) is 49.3 Å². The van der Waals surface area contributed by atoms with Gasteiger partial charge in [-0.25, -0.2) is 0 Å². The molecule has 2 amide bonds. The van der Waals surface area contributed by atoms with Crippen LogP contribution < -0.4 is 4.90 Å². The van der Waals surface area contributed by atoms with Gasteiger partial charge < -0.3 is 24.4 Å². The molecule has 39 heavy (non-hydrogen) atoms. The smallest absolute Gasteiger partial charge is 0.312 e. The molecule has 0 radical (unpaired) electrons. The van der Waals surface area contributed by atoms with Crippen molar-refractivity contribution in [2.24, 2.45) is 11.8 Å². The van der Waals surface area contributed by atoms with Crippen LogP contribution in [0.15, 0.2) is 42.5 Å². The lowest BCUT2D eigenvalue weighted by Gasteiger charge is -2.35. The molecule has 210 valence electrons. The predicted octanol–water partition coefficient (Wildman–Crippen LogP) is 3.62. The van der Waals surface area contributed by atoms with Crippen LogP contribution in [0.3, 0.4) is 0 Å². The molecule has 2 fully saturated rings. The van der Waals surface area contributed by atoms with Gasteiger partial charge in [-0.2, -0.15) is 0 Å². The SMILES string of the molecule is Cc1ccc(C)c(N2CC=C[C@]34O[C@@H]5/C=C\CCCCOC(=O)[C@@H]5[C@H]3C(=O)N(CCCCCCO)C4C2=O)c1. The summed E-state index contributed by atoms with van der Waals surface area (Å²) in [6, 6.07) is 5.14. The van der Waals surface area contributed by atoms with Crippen molar-refractivity contribution >= 4 is 23.5 Å². The number of ether oxygens (including phenoxy) is 2. The molecule has 0 bridgehead atoms. The summed E-state index contributed by atoms with van der Waals surface area (Å²) in [7, 11) is 0. The van der Waals surface area contributed by atoms with E-state index in [1.54, 1.807) is 9.80 Å². The van der Waals surface area contributed by atoms with Crippen LogP contribution in [0.4, 0.5) is 5.69 Å². The summed E-state index contributed by atoms with van der Waals surface area (Å²) >= 11 is 0. The first-order valence-corrected chi connectivity index (χ1v) is 14.4. The average Bonchev–Trinajstić information content (AvgIpc) is 3.30. The van der Waals surface area contributed by atoms with E-state index in [0.29, 0.717) is 32.5 Å². The fourth-order valence-electron chi connectivity index (χ4n) is 6.63. The van der Waals surface area contributed by atoms with E-state index in [2.05, 4.69) is 0 Å². The topological polar surface area (TPSA) is 96.4 Å². The number of amides is 2. The van der Waals surface area contributed by atoms with E-state index in [-0.39, 0.29) is 18.4 Å². The molecule has 0 saturated carbocycles. The monoisotopic (exact) mass is 536 g/mol. The number of allylic oxidation sites excluding steroid dienone is 1. The Kier molecular flexibility index (Phi) is 8.24. The third-order valence-electron chi connectivity index (χ3n) is 8.56. The number of nitrogens with zero attached hydrogens (tertiary/aromatic N) is 2. The van der Waals surface area contributed by atoms with Crippen LogP contribution in [0.1, 0.15) is 56.1 Å². The summed E-state index contributed by atoms with van der Waals surface area (Å²) in [6.45, 7) is 5.17. The van der Waals surface area contributed by atoms with Crippen LogP contribution in [0.2, 0.25) is 0 Å². The van der Waals surface area contributed by atoms with Gasteiger partial charge in [0.25, 0.3) is 5.91 Å². The lowest BCUT2D eigenvalue weighted by molar-refractivity contribution is -0.154. The molecular weight excluding hydrogens is 496 g/mol. The van der Waals surface area contributed by atoms with Gasteiger partial charge in [0.1, 0.15) is 17.6 Å². The largest absolute Gasteiger partial charge is 0.465 e. The lowest BCUT2D eigenvalue weighted by Crippen LogP contribution is -2.55. The number of fused-ring (bicyclic) bond motifs is 2.